The van der Waals surface area contributed by atoms with E-state index in [-0.39, 0.29) is 22.7 Å². The van der Waals surface area contributed by atoms with Crippen molar-refractivity contribution in [1.82, 2.24) is 0 Å². The zero-order chi connectivity index (χ0) is 18.6. The third-order valence-corrected chi connectivity index (χ3v) is 3.95. The zero-order valence-corrected chi connectivity index (χ0v) is 15.5. The molecule has 2 rings (SSSR count). The Kier molecular flexibility index (Phi) is 5.97. The average Bonchev–Trinajstić information content (AvgIpc) is 2.57. The molecule has 0 radical (unpaired) electrons. The summed E-state index contributed by atoms with van der Waals surface area (Å²) in [5.74, 6) is -0.126. The molecule has 1 amide bonds. The predicted molar refractivity (Wildman–Crippen MR) is 97.6 cm³/mol. The monoisotopic (exact) mass is 408 g/mol. The van der Waals surface area contributed by atoms with E-state index in [0.717, 1.165) is 10.0 Å². The smallest absolute Gasteiger partial charge is 0.286 e. The SMILES string of the molecule is CCOc1cc(C(=O)Nc2ccc(Br)cc2C)c([N+](=O)[O-])cc1OC. The van der Waals surface area contributed by atoms with Gasteiger partial charge in [-0.15, -0.1) is 0 Å². The summed E-state index contributed by atoms with van der Waals surface area (Å²) >= 11 is 3.35. The molecule has 1 N–H and O–H groups in total. The summed E-state index contributed by atoms with van der Waals surface area (Å²) in [6.07, 6.45) is 0. The maximum Gasteiger partial charge on any atom is 0.286 e. The first-order valence-electron chi connectivity index (χ1n) is 7.44. The number of nitro benzene ring substituents is 1. The molecule has 0 aromatic heterocycles. The van der Waals surface area contributed by atoms with Gasteiger partial charge in [0.15, 0.2) is 11.5 Å². The third kappa shape index (κ3) is 4.27. The van der Waals surface area contributed by atoms with Crippen LogP contribution in [0.5, 0.6) is 11.5 Å². The van der Waals surface area contributed by atoms with Crippen molar-refractivity contribution in [3.05, 3.63) is 56.0 Å². The van der Waals surface area contributed by atoms with E-state index in [2.05, 4.69) is 21.2 Å². The van der Waals surface area contributed by atoms with Crippen LogP contribution in [-0.4, -0.2) is 24.5 Å². The Labute approximate surface area is 153 Å². The van der Waals surface area contributed by atoms with E-state index in [9.17, 15) is 14.9 Å². The number of amides is 1. The normalized spacial score (nSPS) is 10.2. The van der Waals surface area contributed by atoms with Crippen LogP contribution in [0.15, 0.2) is 34.8 Å². The molecule has 25 heavy (non-hydrogen) atoms. The fraction of sp³-hybridized carbons (Fsp3) is 0.235. The standard InChI is InChI=1S/C17H17BrN2O5/c1-4-25-16-8-12(14(20(22)23)9-15(16)24-3)17(21)19-13-6-5-11(18)7-10(13)2/h5-9H,4H2,1-3H3,(H,19,21). The van der Waals surface area contributed by atoms with Gasteiger partial charge < -0.3 is 14.8 Å². The lowest BCUT2D eigenvalue weighted by molar-refractivity contribution is -0.385. The van der Waals surface area contributed by atoms with Crippen LogP contribution in [0.25, 0.3) is 0 Å². The lowest BCUT2D eigenvalue weighted by Crippen LogP contribution is -2.15. The second-order valence-electron chi connectivity index (χ2n) is 5.12. The Hall–Kier alpha value is -2.61. The first kappa shape index (κ1) is 18.7. The van der Waals surface area contributed by atoms with Crippen LogP contribution < -0.4 is 14.8 Å². The largest absolute Gasteiger partial charge is 0.493 e. The van der Waals surface area contributed by atoms with Crippen molar-refractivity contribution < 1.29 is 19.2 Å². The fourth-order valence-corrected chi connectivity index (χ4v) is 2.74. The van der Waals surface area contributed by atoms with Crippen LogP contribution in [0.3, 0.4) is 0 Å². The highest BCUT2D eigenvalue weighted by molar-refractivity contribution is 9.10. The molecule has 0 aliphatic rings. The molecule has 7 nitrogen and oxygen atoms in total. The van der Waals surface area contributed by atoms with Gasteiger partial charge in [0.2, 0.25) is 0 Å². The van der Waals surface area contributed by atoms with Gasteiger partial charge in [-0.05, 0) is 37.6 Å². The maximum atomic E-state index is 12.6. The van der Waals surface area contributed by atoms with Crippen molar-refractivity contribution in [2.45, 2.75) is 13.8 Å². The molecular formula is C17H17BrN2O5. The van der Waals surface area contributed by atoms with Crippen LogP contribution in [-0.2, 0) is 0 Å². The molecule has 0 atom stereocenters. The van der Waals surface area contributed by atoms with Crippen molar-refractivity contribution in [2.24, 2.45) is 0 Å². The van der Waals surface area contributed by atoms with Gasteiger partial charge in [-0.2, -0.15) is 0 Å². The molecule has 132 valence electrons. The third-order valence-electron chi connectivity index (χ3n) is 3.46. The highest BCUT2D eigenvalue weighted by Crippen LogP contribution is 2.35. The van der Waals surface area contributed by atoms with Crippen LogP contribution in [0.1, 0.15) is 22.8 Å². The Morgan fingerprint density at radius 3 is 2.56 bits per heavy atom. The predicted octanol–water partition coefficient (Wildman–Crippen LogP) is 4.33. The van der Waals surface area contributed by atoms with Crippen LogP contribution in [0, 0.1) is 17.0 Å². The number of nitrogens with zero attached hydrogens (tertiary/aromatic N) is 1. The summed E-state index contributed by atoms with van der Waals surface area (Å²) in [6, 6.07) is 7.84. The number of nitrogens with one attached hydrogen (secondary N) is 1. The molecule has 0 saturated carbocycles. The minimum absolute atomic E-state index is 0.100. The number of rotatable bonds is 6. The number of hydrogen-bond acceptors (Lipinski definition) is 5. The zero-order valence-electron chi connectivity index (χ0n) is 14.0. The highest BCUT2D eigenvalue weighted by Gasteiger charge is 2.25. The molecule has 0 saturated heterocycles. The van der Waals surface area contributed by atoms with Gasteiger partial charge >= 0.3 is 0 Å². The van der Waals surface area contributed by atoms with Crippen LogP contribution in [0.2, 0.25) is 0 Å². The van der Waals surface area contributed by atoms with Crippen molar-refractivity contribution >= 4 is 33.2 Å². The van der Waals surface area contributed by atoms with E-state index < -0.39 is 10.8 Å². The number of carbonyl (C=O) groups excluding carboxylic acids is 1. The Morgan fingerprint density at radius 2 is 2.00 bits per heavy atom. The number of carbonyl (C=O) groups is 1. The van der Waals surface area contributed by atoms with E-state index in [0.29, 0.717) is 12.3 Å². The minimum Gasteiger partial charge on any atom is -0.493 e. The number of halogens is 1. The van der Waals surface area contributed by atoms with Gasteiger partial charge in [0.25, 0.3) is 11.6 Å². The Balaban J connectivity index is 2.46. The number of ether oxygens (including phenoxy) is 2. The Bertz CT molecular complexity index is 823. The van der Waals surface area contributed by atoms with Crippen LogP contribution >= 0.6 is 15.9 Å². The van der Waals surface area contributed by atoms with Crippen molar-refractivity contribution in [2.75, 3.05) is 19.0 Å². The first-order valence-corrected chi connectivity index (χ1v) is 8.23. The molecule has 0 unspecified atom stereocenters. The van der Waals surface area contributed by atoms with Crippen molar-refractivity contribution in [3.63, 3.8) is 0 Å². The van der Waals surface area contributed by atoms with E-state index in [1.165, 1.54) is 19.2 Å². The van der Waals surface area contributed by atoms with Crippen molar-refractivity contribution in [1.29, 1.82) is 0 Å². The van der Waals surface area contributed by atoms with E-state index in [4.69, 9.17) is 9.47 Å². The molecule has 2 aromatic rings. The maximum absolute atomic E-state index is 12.6. The first-order chi connectivity index (χ1) is 11.9. The van der Waals surface area contributed by atoms with Gasteiger partial charge in [0.05, 0.1) is 24.7 Å². The van der Waals surface area contributed by atoms with Gasteiger partial charge in [0.1, 0.15) is 5.56 Å². The van der Waals surface area contributed by atoms with Crippen LogP contribution in [0.4, 0.5) is 11.4 Å². The molecule has 8 heteroatoms. The van der Waals surface area contributed by atoms with Gasteiger partial charge in [-0.1, -0.05) is 15.9 Å². The molecule has 0 spiro atoms. The van der Waals surface area contributed by atoms with E-state index >= 15 is 0 Å². The number of aryl methyl sites for hydroxylation is 1. The number of benzene rings is 2. The molecule has 0 aliphatic carbocycles. The molecule has 0 aliphatic heterocycles. The quantitative estimate of drug-likeness (QED) is 0.567. The highest BCUT2D eigenvalue weighted by atomic mass is 79.9. The lowest BCUT2D eigenvalue weighted by Gasteiger charge is -2.13. The van der Waals surface area contributed by atoms with E-state index in [1.807, 2.05) is 13.0 Å². The van der Waals surface area contributed by atoms with Gasteiger partial charge in [-0.25, -0.2) is 0 Å². The molecule has 0 bridgehead atoms. The minimum atomic E-state index is -0.623. The average molecular weight is 409 g/mol. The molecule has 0 fully saturated rings. The summed E-state index contributed by atoms with van der Waals surface area (Å²) in [5.41, 5.74) is 0.935. The Morgan fingerprint density at radius 1 is 1.28 bits per heavy atom. The summed E-state index contributed by atoms with van der Waals surface area (Å²) in [7, 11) is 1.38. The topological polar surface area (TPSA) is 90.7 Å². The summed E-state index contributed by atoms with van der Waals surface area (Å²) in [5, 5.41) is 14.0. The number of anilines is 1. The molecule has 0 heterocycles. The summed E-state index contributed by atoms with van der Waals surface area (Å²) < 4.78 is 11.4. The fourth-order valence-electron chi connectivity index (χ4n) is 2.27. The summed E-state index contributed by atoms with van der Waals surface area (Å²) in [4.78, 5) is 23.3. The molecular weight excluding hydrogens is 392 g/mol. The van der Waals surface area contributed by atoms with Crippen molar-refractivity contribution in [3.8, 4) is 11.5 Å². The second-order valence-corrected chi connectivity index (χ2v) is 6.04. The number of methoxy groups -OCH3 is 1. The van der Waals surface area contributed by atoms with E-state index in [1.54, 1.807) is 19.1 Å². The lowest BCUT2D eigenvalue weighted by atomic mass is 10.1. The summed E-state index contributed by atoms with van der Waals surface area (Å²) in [6.45, 7) is 3.93. The second kappa shape index (κ2) is 7.98. The number of hydrogen-bond donors (Lipinski definition) is 1. The molecule has 2 aromatic carbocycles. The van der Waals surface area contributed by atoms with Gasteiger partial charge in [-0.3, -0.25) is 14.9 Å². The van der Waals surface area contributed by atoms with Gasteiger partial charge in [0, 0.05) is 16.2 Å². The number of nitro groups is 1.